The summed E-state index contributed by atoms with van der Waals surface area (Å²) in [5.74, 6) is -0.0740. The zero-order valence-corrected chi connectivity index (χ0v) is 27.6. The van der Waals surface area contributed by atoms with E-state index in [0.717, 1.165) is 32.1 Å². The molecule has 4 heteroatoms. The highest BCUT2D eigenvalue weighted by Crippen LogP contribution is 2.14. The molecule has 0 saturated carbocycles. The van der Waals surface area contributed by atoms with Gasteiger partial charge in [-0.05, 0) is 32.1 Å². The fraction of sp³-hybridized carbons (Fsp3) is 0.865. The molecule has 3 N–H and O–H groups in total. The summed E-state index contributed by atoms with van der Waals surface area (Å²) in [6.45, 7) is 4.28. The second-order valence-corrected chi connectivity index (χ2v) is 12.3. The van der Waals surface area contributed by atoms with Gasteiger partial charge in [-0.2, -0.15) is 0 Å². The molecule has 0 fully saturated rings. The first-order chi connectivity index (χ1) is 20.2. The zero-order chi connectivity index (χ0) is 30.1. The van der Waals surface area contributed by atoms with Crippen molar-refractivity contribution >= 4 is 5.91 Å². The van der Waals surface area contributed by atoms with E-state index in [9.17, 15) is 15.0 Å². The van der Waals surface area contributed by atoms with Gasteiger partial charge in [-0.3, -0.25) is 4.79 Å². The fourth-order valence-electron chi connectivity index (χ4n) is 5.37. The van der Waals surface area contributed by atoms with E-state index < -0.39 is 12.1 Å². The van der Waals surface area contributed by atoms with E-state index in [-0.39, 0.29) is 12.5 Å². The van der Waals surface area contributed by atoms with Crippen LogP contribution in [0, 0.1) is 0 Å². The molecule has 242 valence electrons. The number of aliphatic hydroxyl groups excluding tert-OH is 2. The van der Waals surface area contributed by atoms with Gasteiger partial charge in [-0.25, -0.2) is 0 Å². The number of amides is 1. The van der Waals surface area contributed by atoms with E-state index >= 15 is 0 Å². The molecular formula is C37H71NO3. The van der Waals surface area contributed by atoms with Crippen LogP contribution >= 0.6 is 0 Å². The quantitative estimate of drug-likeness (QED) is 0.0550. The van der Waals surface area contributed by atoms with Gasteiger partial charge in [0.15, 0.2) is 0 Å². The molecule has 41 heavy (non-hydrogen) atoms. The van der Waals surface area contributed by atoms with Gasteiger partial charge in [0.25, 0.3) is 0 Å². The van der Waals surface area contributed by atoms with Crippen molar-refractivity contribution in [2.24, 2.45) is 0 Å². The maximum Gasteiger partial charge on any atom is 0.220 e. The average molecular weight is 578 g/mol. The monoisotopic (exact) mass is 578 g/mol. The van der Waals surface area contributed by atoms with Gasteiger partial charge < -0.3 is 15.5 Å². The Balaban J connectivity index is 3.66. The first kappa shape index (κ1) is 39.9. The summed E-state index contributed by atoms with van der Waals surface area (Å²) in [4.78, 5) is 12.3. The second-order valence-electron chi connectivity index (χ2n) is 12.3. The molecule has 0 aromatic rings. The van der Waals surface area contributed by atoms with E-state index in [4.69, 9.17) is 0 Å². The van der Waals surface area contributed by atoms with Crippen LogP contribution in [-0.4, -0.2) is 34.9 Å². The van der Waals surface area contributed by atoms with Crippen LogP contribution in [0.1, 0.15) is 187 Å². The molecule has 0 aromatic heterocycles. The molecule has 0 aliphatic carbocycles. The Bertz CT molecular complexity index is 589. The highest BCUT2D eigenvalue weighted by atomic mass is 16.3. The van der Waals surface area contributed by atoms with Gasteiger partial charge in [0.2, 0.25) is 5.91 Å². The lowest BCUT2D eigenvalue weighted by atomic mass is 10.0. The molecule has 0 heterocycles. The van der Waals surface area contributed by atoms with Crippen molar-refractivity contribution in [3.05, 3.63) is 24.3 Å². The first-order valence-electron chi connectivity index (χ1n) is 18.1. The highest BCUT2D eigenvalue weighted by molar-refractivity contribution is 5.76. The number of hydrogen-bond donors (Lipinski definition) is 3. The van der Waals surface area contributed by atoms with Crippen LogP contribution in [-0.2, 0) is 4.79 Å². The second kappa shape index (κ2) is 33.4. The van der Waals surface area contributed by atoms with Gasteiger partial charge in [-0.1, -0.05) is 173 Å². The van der Waals surface area contributed by atoms with Crippen LogP contribution < -0.4 is 5.32 Å². The summed E-state index contributed by atoms with van der Waals surface area (Å²) < 4.78 is 0. The number of nitrogens with one attached hydrogen (secondary N) is 1. The molecule has 0 unspecified atom stereocenters. The van der Waals surface area contributed by atoms with Crippen LogP contribution in [0.5, 0.6) is 0 Å². The third kappa shape index (κ3) is 30.1. The lowest BCUT2D eigenvalue weighted by Crippen LogP contribution is -2.45. The molecule has 2 atom stereocenters. The van der Waals surface area contributed by atoms with Crippen molar-refractivity contribution in [1.82, 2.24) is 5.32 Å². The number of carbonyl (C=O) groups excluding carboxylic acids is 1. The van der Waals surface area contributed by atoms with Crippen LogP contribution in [0.3, 0.4) is 0 Å². The molecular weight excluding hydrogens is 506 g/mol. The largest absolute Gasteiger partial charge is 0.394 e. The number of allylic oxidation sites excluding steroid dienone is 3. The van der Waals surface area contributed by atoms with Crippen LogP contribution in [0.15, 0.2) is 24.3 Å². The molecule has 0 aromatic carbocycles. The Morgan fingerprint density at radius 2 is 0.951 bits per heavy atom. The maximum absolute atomic E-state index is 12.3. The zero-order valence-electron chi connectivity index (χ0n) is 27.6. The number of unbranched alkanes of at least 4 members (excludes halogenated alkanes) is 23. The Hall–Kier alpha value is -1.13. The molecule has 0 aliphatic rings. The van der Waals surface area contributed by atoms with Gasteiger partial charge >= 0.3 is 0 Å². The highest BCUT2D eigenvalue weighted by Gasteiger charge is 2.17. The number of rotatable bonds is 32. The number of hydrogen-bond acceptors (Lipinski definition) is 3. The predicted molar refractivity (Wildman–Crippen MR) is 179 cm³/mol. The minimum absolute atomic E-state index is 0.0740. The lowest BCUT2D eigenvalue weighted by molar-refractivity contribution is -0.123. The summed E-state index contributed by atoms with van der Waals surface area (Å²) in [6, 6.07) is -0.632. The summed E-state index contributed by atoms with van der Waals surface area (Å²) >= 11 is 0. The summed E-state index contributed by atoms with van der Waals surface area (Å²) in [5.41, 5.74) is 0. The van der Waals surface area contributed by atoms with Crippen molar-refractivity contribution in [3.63, 3.8) is 0 Å². The van der Waals surface area contributed by atoms with Crippen molar-refractivity contribution in [3.8, 4) is 0 Å². The molecule has 4 nitrogen and oxygen atoms in total. The molecule has 0 saturated heterocycles. The van der Waals surface area contributed by atoms with Crippen molar-refractivity contribution in [2.75, 3.05) is 6.61 Å². The predicted octanol–water partition coefficient (Wildman–Crippen LogP) is 10.5. The van der Waals surface area contributed by atoms with Crippen LogP contribution in [0.25, 0.3) is 0 Å². The molecule has 0 bridgehead atoms. The van der Waals surface area contributed by atoms with Crippen molar-refractivity contribution < 1.29 is 15.0 Å². The molecule has 0 spiro atoms. The minimum atomic E-state index is -0.855. The van der Waals surface area contributed by atoms with Gasteiger partial charge in [0.05, 0.1) is 18.8 Å². The summed E-state index contributed by atoms with van der Waals surface area (Å²) in [6.07, 6.45) is 41.1. The van der Waals surface area contributed by atoms with E-state index in [2.05, 4.69) is 31.3 Å². The smallest absolute Gasteiger partial charge is 0.220 e. The van der Waals surface area contributed by atoms with Gasteiger partial charge in [-0.15, -0.1) is 0 Å². The third-order valence-corrected chi connectivity index (χ3v) is 8.19. The van der Waals surface area contributed by atoms with Gasteiger partial charge in [0.1, 0.15) is 0 Å². The summed E-state index contributed by atoms with van der Waals surface area (Å²) in [5, 5.41) is 22.8. The first-order valence-corrected chi connectivity index (χ1v) is 18.1. The topological polar surface area (TPSA) is 69.6 Å². The Kier molecular flexibility index (Phi) is 32.5. The third-order valence-electron chi connectivity index (χ3n) is 8.19. The minimum Gasteiger partial charge on any atom is -0.394 e. The normalized spacial score (nSPS) is 13.4. The maximum atomic E-state index is 12.3. The summed E-state index contributed by atoms with van der Waals surface area (Å²) in [7, 11) is 0. The Morgan fingerprint density at radius 3 is 1.41 bits per heavy atom. The Morgan fingerprint density at radius 1 is 0.561 bits per heavy atom. The number of carbonyl (C=O) groups is 1. The molecule has 0 radical (unpaired) electrons. The van der Waals surface area contributed by atoms with E-state index in [0.29, 0.717) is 6.42 Å². The van der Waals surface area contributed by atoms with E-state index in [1.54, 1.807) is 6.08 Å². The average Bonchev–Trinajstić information content (AvgIpc) is 2.97. The number of aliphatic hydroxyl groups is 2. The molecule has 0 aliphatic heterocycles. The van der Waals surface area contributed by atoms with E-state index in [1.807, 2.05) is 6.08 Å². The van der Waals surface area contributed by atoms with E-state index in [1.165, 1.54) is 135 Å². The lowest BCUT2D eigenvalue weighted by Gasteiger charge is -2.19. The Labute approximate surface area is 256 Å². The van der Waals surface area contributed by atoms with Crippen LogP contribution in [0.2, 0.25) is 0 Å². The van der Waals surface area contributed by atoms with Crippen molar-refractivity contribution in [2.45, 2.75) is 199 Å². The van der Waals surface area contributed by atoms with Crippen molar-refractivity contribution in [1.29, 1.82) is 0 Å². The standard InChI is InChI=1S/C37H71NO3/c1-3-5-7-9-11-13-15-17-19-21-23-25-27-29-31-33-37(41)38-35(34-39)36(40)32-30-28-26-24-22-20-18-16-14-12-10-8-6-4-2/h22,24,30,32,35-36,39-40H,3-21,23,25-29,31,33-34H2,1-2H3,(H,38,41)/b24-22+,32-30+/t35-,36+/m0/s1. The molecule has 0 rings (SSSR count). The van der Waals surface area contributed by atoms with Crippen LogP contribution in [0.4, 0.5) is 0 Å². The SMILES string of the molecule is CCCCCCCCCC/C=C/CC/C=C/[C@@H](O)[C@H](CO)NC(=O)CCCCCCCCCCCCCCCCC. The molecule has 1 amide bonds. The van der Waals surface area contributed by atoms with Gasteiger partial charge in [0, 0.05) is 6.42 Å². The fourth-order valence-corrected chi connectivity index (χ4v) is 5.37.